The first-order chi connectivity index (χ1) is 16.7. The number of rotatable bonds is 7. The number of aromatic nitrogens is 4. The van der Waals surface area contributed by atoms with E-state index in [0.29, 0.717) is 11.7 Å². The van der Waals surface area contributed by atoms with Crippen molar-refractivity contribution in [3.8, 4) is 0 Å². The summed E-state index contributed by atoms with van der Waals surface area (Å²) < 4.78 is 2.07. The van der Waals surface area contributed by atoms with E-state index in [1.165, 1.54) is 11.8 Å². The smallest absolute Gasteiger partial charge is 0.244 e. The fourth-order valence-corrected chi connectivity index (χ4v) is 4.75. The van der Waals surface area contributed by atoms with Crippen LogP contribution in [0.1, 0.15) is 6.92 Å². The minimum Gasteiger partial charge on any atom is -0.320 e. The highest BCUT2D eigenvalue weighted by atomic mass is 32.2. The summed E-state index contributed by atoms with van der Waals surface area (Å²) in [7, 11) is 0. The summed E-state index contributed by atoms with van der Waals surface area (Å²) in [6, 6.07) is 27.3. The quantitative estimate of drug-likeness (QED) is 0.218. The predicted octanol–water partition coefficient (Wildman–Crippen LogP) is 6.01. The fraction of sp³-hybridized carbons (Fsp3) is 0.111. The first kappa shape index (κ1) is 21.9. The Morgan fingerprint density at radius 3 is 2.24 bits per heavy atom. The molecule has 0 fully saturated rings. The van der Waals surface area contributed by atoms with Crippen molar-refractivity contribution in [1.29, 1.82) is 0 Å². The van der Waals surface area contributed by atoms with Gasteiger partial charge in [0.15, 0.2) is 5.65 Å². The molecule has 0 N–H and O–H groups in total. The van der Waals surface area contributed by atoms with Gasteiger partial charge in [0.2, 0.25) is 11.1 Å². The van der Waals surface area contributed by atoms with Crippen LogP contribution in [0.15, 0.2) is 103 Å². The highest BCUT2D eigenvalue weighted by molar-refractivity contribution is 8.00. The third kappa shape index (κ3) is 4.06. The zero-order chi connectivity index (χ0) is 23.5. The lowest BCUT2D eigenvalue weighted by Crippen LogP contribution is -2.32. The predicted molar refractivity (Wildman–Crippen MR) is 138 cm³/mol. The van der Waals surface area contributed by atoms with Crippen molar-refractivity contribution in [2.75, 3.05) is 4.90 Å². The lowest BCUT2D eigenvalue weighted by Gasteiger charge is -2.25. The van der Waals surface area contributed by atoms with Crippen molar-refractivity contribution >= 4 is 51.1 Å². The third-order valence-electron chi connectivity index (χ3n) is 5.55. The van der Waals surface area contributed by atoms with E-state index in [0.717, 1.165) is 33.4 Å². The zero-order valence-corrected chi connectivity index (χ0v) is 19.5. The Hall–Kier alpha value is -3.97. The van der Waals surface area contributed by atoms with Crippen molar-refractivity contribution in [2.24, 2.45) is 0 Å². The second-order valence-electron chi connectivity index (χ2n) is 7.79. The van der Waals surface area contributed by atoms with E-state index in [1.54, 1.807) is 4.90 Å². The Bertz CT molecular complexity index is 1430. The monoisotopic (exact) mass is 465 g/mol. The number of allylic oxidation sites excluding steroid dienone is 1. The molecule has 1 unspecified atom stereocenters. The molecular weight excluding hydrogens is 442 g/mol. The normalized spacial score (nSPS) is 12.0. The minimum absolute atomic E-state index is 0.0577. The number of carbonyl (C=O) groups is 1. The molecule has 0 aliphatic rings. The molecular formula is C27H23N5OS. The van der Waals surface area contributed by atoms with E-state index >= 15 is 0 Å². The Morgan fingerprint density at radius 2 is 1.59 bits per heavy atom. The molecule has 3 aromatic carbocycles. The van der Waals surface area contributed by atoms with Gasteiger partial charge < -0.3 is 4.57 Å². The standard InChI is InChI=1S/C27H23N5OS/c1-3-18-31-23-17-11-10-16-22(23)24-25(31)28-27(30-29-24)34-19(2)26(33)32(20-12-6-4-7-13-20)21-14-8-5-9-15-21/h3-17,19H,1,18H2,2H3. The van der Waals surface area contributed by atoms with Crippen LogP contribution in [0.2, 0.25) is 0 Å². The molecule has 0 bridgehead atoms. The molecule has 0 aliphatic carbocycles. The highest BCUT2D eigenvalue weighted by Gasteiger charge is 2.26. The molecule has 168 valence electrons. The molecule has 1 atom stereocenters. The molecule has 0 saturated heterocycles. The molecule has 7 heteroatoms. The van der Waals surface area contributed by atoms with E-state index in [2.05, 4.69) is 21.3 Å². The molecule has 2 heterocycles. The van der Waals surface area contributed by atoms with Gasteiger partial charge in [-0.25, -0.2) is 4.98 Å². The van der Waals surface area contributed by atoms with Crippen LogP contribution in [0.4, 0.5) is 11.4 Å². The number of para-hydroxylation sites is 3. The van der Waals surface area contributed by atoms with Gasteiger partial charge in [0.1, 0.15) is 5.52 Å². The van der Waals surface area contributed by atoms with Crippen LogP contribution in [-0.2, 0) is 11.3 Å². The number of thioether (sulfide) groups is 1. The van der Waals surface area contributed by atoms with Gasteiger partial charge in [-0.1, -0.05) is 72.4 Å². The summed E-state index contributed by atoms with van der Waals surface area (Å²) in [5.41, 5.74) is 4.14. The van der Waals surface area contributed by atoms with Gasteiger partial charge in [0, 0.05) is 23.3 Å². The number of carbonyl (C=O) groups excluding carboxylic acids is 1. The molecule has 5 rings (SSSR count). The van der Waals surface area contributed by atoms with E-state index in [9.17, 15) is 4.79 Å². The maximum atomic E-state index is 13.6. The largest absolute Gasteiger partial charge is 0.320 e. The van der Waals surface area contributed by atoms with Crippen LogP contribution in [0.3, 0.4) is 0 Å². The summed E-state index contributed by atoms with van der Waals surface area (Å²) in [6.07, 6.45) is 1.84. The van der Waals surface area contributed by atoms with Gasteiger partial charge in [-0.05, 0) is 37.3 Å². The molecule has 1 amide bonds. The Labute approximate surface area is 201 Å². The molecule has 0 saturated carbocycles. The number of amides is 1. The number of fused-ring (bicyclic) bond motifs is 3. The fourth-order valence-electron chi connectivity index (χ4n) is 4.00. The SMILES string of the molecule is C=CCn1c2ccccc2c2nnc(SC(C)C(=O)N(c3ccccc3)c3ccccc3)nc21. The second kappa shape index (κ2) is 9.49. The van der Waals surface area contributed by atoms with E-state index in [1.807, 2.05) is 97.9 Å². The van der Waals surface area contributed by atoms with Gasteiger partial charge in [-0.2, -0.15) is 0 Å². The summed E-state index contributed by atoms with van der Waals surface area (Å²) in [6.45, 7) is 6.36. The number of hydrogen-bond acceptors (Lipinski definition) is 5. The Morgan fingerprint density at radius 1 is 0.971 bits per heavy atom. The molecule has 6 nitrogen and oxygen atoms in total. The lowest BCUT2D eigenvalue weighted by atomic mass is 10.2. The first-order valence-electron chi connectivity index (χ1n) is 11.0. The first-order valence-corrected chi connectivity index (χ1v) is 11.9. The van der Waals surface area contributed by atoms with E-state index in [4.69, 9.17) is 4.98 Å². The molecule has 0 spiro atoms. The maximum absolute atomic E-state index is 13.6. The second-order valence-corrected chi connectivity index (χ2v) is 9.10. The maximum Gasteiger partial charge on any atom is 0.244 e. The molecule has 5 aromatic rings. The number of nitrogens with zero attached hydrogens (tertiary/aromatic N) is 5. The Kier molecular flexibility index (Phi) is 6.10. The highest BCUT2D eigenvalue weighted by Crippen LogP contribution is 2.31. The average molecular weight is 466 g/mol. The minimum atomic E-state index is -0.433. The van der Waals surface area contributed by atoms with Crippen LogP contribution in [0, 0.1) is 0 Å². The average Bonchev–Trinajstić information content (AvgIpc) is 3.19. The topological polar surface area (TPSA) is 63.9 Å². The number of benzene rings is 3. The van der Waals surface area contributed by atoms with Crippen LogP contribution in [-0.4, -0.2) is 30.9 Å². The summed E-state index contributed by atoms with van der Waals surface area (Å²) in [5, 5.41) is 9.85. The van der Waals surface area contributed by atoms with Gasteiger partial charge in [0.05, 0.1) is 10.8 Å². The number of hydrogen-bond donors (Lipinski definition) is 0. The van der Waals surface area contributed by atoms with Crippen LogP contribution >= 0.6 is 11.8 Å². The lowest BCUT2D eigenvalue weighted by molar-refractivity contribution is -0.117. The third-order valence-corrected chi connectivity index (χ3v) is 6.48. The van der Waals surface area contributed by atoms with Crippen molar-refractivity contribution in [2.45, 2.75) is 23.9 Å². The van der Waals surface area contributed by atoms with Crippen molar-refractivity contribution in [3.63, 3.8) is 0 Å². The van der Waals surface area contributed by atoms with Crippen molar-refractivity contribution in [1.82, 2.24) is 19.7 Å². The molecule has 2 aromatic heterocycles. The zero-order valence-electron chi connectivity index (χ0n) is 18.7. The van der Waals surface area contributed by atoms with Crippen LogP contribution in [0.5, 0.6) is 0 Å². The van der Waals surface area contributed by atoms with Crippen LogP contribution in [0.25, 0.3) is 22.1 Å². The van der Waals surface area contributed by atoms with Gasteiger partial charge in [0.25, 0.3) is 0 Å². The van der Waals surface area contributed by atoms with Gasteiger partial charge in [-0.15, -0.1) is 16.8 Å². The van der Waals surface area contributed by atoms with Crippen molar-refractivity contribution in [3.05, 3.63) is 97.6 Å². The van der Waals surface area contributed by atoms with Crippen LogP contribution < -0.4 is 4.90 Å². The summed E-state index contributed by atoms with van der Waals surface area (Å²) in [4.78, 5) is 20.2. The van der Waals surface area contributed by atoms with Crippen molar-refractivity contribution < 1.29 is 4.79 Å². The summed E-state index contributed by atoms with van der Waals surface area (Å²) >= 11 is 1.31. The molecule has 34 heavy (non-hydrogen) atoms. The molecule has 0 radical (unpaired) electrons. The van der Waals surface area contributed by atoms with E-state index < -0.39 is 5.25 Å². The van der Waals surface area contributed by atoms with Gasteiger partial charge >= 0.3 is 0 Å². The number of anilines is 2. The summed E-state index contributed by atoms with van der Waals surface area (Å²) in [5.74, 6) is -0.0577. The Balaban J connectivity index is 1.49. The van der Waals surface area contributed by atoms with Gasteiger partial charge in [-0.3, -0.25) is 9.69 Å². The van der Waals surface area contributed by atoms with E-state index in [-0.39, 0.29) is 5.91 Å². The molecule has 0 aliphatic heterocycles.